The highest BCUT2D eigenvalue weighted by Gasteiger charge is 2.31. The van der Waals surface area contributed by atoms with Gasteiger partial charge in [0.2, 0.25) is 16.0 Å². The minimum absolute atomic E-state index is 0.0169. The summed E-state index contributed by atoms with van der Waals surface area (Å²) >= 11 is 3.39. The monoisotopic (exact) mass is 493 g/mol. The Kier molecular flexibility index (Phi) is 5.76. The molecule has 30 heavy (non-hydrogen) atoms. The van der Waals surface area contributed by atoms with Crippen LogP contribution in [-0.2, 0) is 16.6 Å². The van der Waals surface area contributed by atoms with Gasteiger partial charge in [-0.1, -0.05) is 28.1 Å². The van der Waals surface area contributed by atoms with Crippen molar-refractivity contribution < 1.29 is 17.6 Å². The molecule has 1 fully saturated rings. The van der Waals surface area contributed by atoms with E-state index in [9.17, 15) is 13.2 Å². The summed E-state index contributed by atoms with van der Waals surface area (Å²) in [6, 6.07) is 9.04. The maximum Gasteiger partial charge on any atom is 0.293 e. The van der Waals surface area contributed by atoms with Gasteiger partial charge in [0, 0.05) is 23.6 Å². The lowest BCUT2D eigenvalue weighted by Gasteiger charge is -2.14. The summed E-state index contributed by atoms with van der Waals surface area (Å²) in [6.45, 7) is 2.99. The minimum atomic E-state index is -3.67. The Morgan fingerprint density at radius 2 is 1.93 bits per heavy atom. The van der Waals surface area contributed by atoms with Gasteiger partial charge in [-0.3, -0.25) is 10.1 Å². The largest absolute Gasteiger partial charge is 0.455 e. The molecule has 0 radical (unpaired) electrons. The number of hydrogen-bond donors (Lipinski definition) is 1. The van der Waals surface area contributed by atoms with Gasteiger partial charge in [0.1, 0.15) is 17.0 Å². The van der Waals surface area contributed by atoms with Crippen LogP contribution in [0.4, 0.5) is 5.95 Å². The molecule has 0 aliphatic carbocycles. The second-order valence-corrected chi connectivity index (χ2v) is 9.81. The smallest absolute Gasteiger partial charge is 0.293 e. The van der Waals surface area contributed by atoms with Crippen molar-refractivity contribution in [3.05, 3.63) is 58.2 Å². The van der Waals surface area contributed by atoms with E-state index in [2.05, 4.69) is 31.3 Å². The van der Waals surface area contributed by atoms with Gasteiger partial charge in [-0.2, -0.15) is 4.31 Å². The molecule has 1 aliphatic heterocycles. The highest BCUT2D eigenvalue weighted by Crippen LogP contribution is 2.26. The number of nitrogens with zero attached hydrogens (tertiary/aromatic N) is 4. The Hall–Kier alpha value is -2.50. The summed E-state index contributed by atoms with van der Waals surface area (Å²) in [7, 11) is -3.67. The number of rotatable bonds is 6. The molecule has 3 aromatic rings. The lowest BCUT2D eigenvalue weighted by Crippen LogP contribution is -2.28. The van der Waals surface area contributed by atoms with Gasteiger partial charge < -0.3 is 4.42 Å². The van der Waals surface area contributed by atoms with Crippen molar-refractivity contribution >= 4 is 37.8 Å². The molecule has 1 aromatic carbocycles. The highest BCUT2D eigenvalue weighted by atomic mass is 79.9. The first kappa shape index (κ1) is 20.8. The third-order valence-corrected chi connectivity index (χ3v) is 7.33. The zero-order chi connectivity index (χ0) is 21.3. The second-order valence-electron chi connectivity index (χ2n) is 6.99. The van der Waals surface area contributed by atoms with Crippen molar-refractivity contribution in [2.75, 3.05) is 18.4 Å². The van der Waals surface area contributed by atoms with Gasteiger partial charge in [0.05, 0.1) is 6.54 Å². The van der Waals surface area contributed by atoms with Crippen LogP contribution in [0.5, 0.6) is 0 Å². The number of hydrogen-bond acceptors (Lipinski definition) is 6. The molecule has 0 bridgehead atoms. The van der Waals surface area contributed by atoms with Crippen molar-refractivity contribution in [2.24, 2.45) is 0 Å². The number of aryl methyl sites for hydroxylation is 1. The predicted molar refractivity (Wildman–Crippen MR) is 113 cm³/mol. The van der Waals surface area contributed by atoms with Crippen LogP contribution in [0.2, 0.25) is 0 Å². The standard InChI is InChI=1S/C19H20BrN5O4S/c1-13-17(30(27,28)25-8-2-3-9-25)10-16(29-13)18(26)22-19-21-12-24(23-19)11-14-4-6-15(20)7-5-14/h4-7,10,12H,2-3,8-9,11H2,1H3,(H,22,23,26). The number of anilines is 1. The normalized spacial score (nSPS) is 14.9. The van der Waals surface area contributed by atoms with Gasteiger partial charge in [0.15, 0.2) is 5.76 Å². The fourth-order valence-electron chi connectivity index (χ4n) is 3.27. The number of amides is 1. The molecular weight excluding hydrogens is 474 g/mol. The molecule has 11 heteroatoms. The lowest BCUT2D eigenvalue weighted by molar-refractivity contribution is 0.0994. The quantitative estimate of drug-likeness (QED) is 0.564. The Morgan fingerprint density at radius 1 is 1.23 bits per heavy atom. The molecule has 0 atom stereocenters. The average Bonchev–Trinajstić information content (AvgIpc) is 3.45. The molecular formula is C19H20BrN5O4S. The highest BCUT2D eigenvalue weighted by molar-refractivity contribution is 9.10. The third-order valence-electron chi connectivity index (χ3n) is 4.80. The van der Waals surface area contributed by atoms with Gasteiger partial charge in [-0.05, 0) is 37.5 Å². The number of sulfonamides is 1. The molecule has 3 heterocycles. The Labute approximate surface area is 182 Å². The number of carbonyl (C=O) groups is 1. The number of furan rings is 1. The zero-order valence-electron chi connectivity index (χ0n) is 16.2. The molecule has 0 unspecified atom stereocenters. The summed E-state index contributed by atoms with van der Waals surface area (Å²) in [5, 5.41) is 6.77. The molecule has 158 valence electrons. The van der Waals surface area contributed by atoms with Gasteiger partial charge in [-0.25, -0.2) is 18.1 Å². The van der Waals surface area contributed by atoms with E-state index < -0.39 is 15.9 Å². The topological polar surface area (TPSA) is 110 Å². The van der Waals surface area contributed by atoms with Gasteiger partial charge in [0.25, 0.3) is 5.91 Å². The van der Waals surface area contributed by atoms with E-state index >= 15 is 0 Å². The van der Waals surface area contributed by atoms with Crippen LogP contribution in [0.25, 0.3) is 0 Å². The van der Waals surface area contributed by atoms with E-state index in [-0.39, 0.29) is 22.4 Å². The molecule has 1 amide bonds. The Balaban J connectivity index is 1.46. The minimum Gasteiger partial charge on any atom is -0.455 e. The Morgan fingerprint density at radius 3 is 2.63 bits per heavy atom. The van der Waals surface area contributed by atoms with E-state index in [1.54, 1.807) is 4.68 Å². The van der Waals surface area contributed by atoms with Crippen LogP contribution in [0.1, 0.15) is 34.7 Å². The number of nitrogens with one attached hydrogen (secondary N) is 1. The Bertz CT molecular complexity index is 1160. The van der Waals surface area contributed by atoms with Crippen LogP contribution >= 0.6 is 15.9 Å². The number of halogens is 1. The lowest BCUT2D eigenvalue weighted by atomic mass is 10.2. The van der Waals surface area contributed by atoms with E-state index in [4.69, 9.17) is 4.42 Å². The summed E-state index contributed by atoms with van der Waals surface area (Å²) < 4.78 is 34.9. The first-order chi connectivity index (χ1) is 14.3. The number of benzene rings is 1. The van der Waals surface area contributed by atoms with Crippen molar-refractivity contribution in [1.82, 2.24) is 19.1 Å². The SMILES string of the molecule is Cc1oc(C(=O)Nc2ncn(Cc3ccc(Br)cc3)n2)cc1S(=O)(=O)N1CCCC1. The average molecular weight is 494 g/mol. The van der Waals surface area contributed by atoms with E-state index in [0.717, 1.165) is 22.9 Å². The molecule has 4 rings (SSSR count). The summed E-state index contributed by atoms with van der Waals surface area (Å²) in [4.78, 5) is 16.6. The first-order valence-electron chi connectivity index (χ1n) is 9.39. The van der Waals surface area contributed by atoms with Crippen LogP contribution in [-0.4, -0.2) is 46.5 Å². The third kappa shape index (κ3) is 4.32. The summed E-state index contributed by atoms with van der Waals surface area (Å²) in [5.74, 6) is -0.423. The summed E-state index contributed by atoms with van der Waals surface area (Å²) in [5.41, 5.74) is 1.03. The zero-order valence-corrected chi connectivity index (χ0v) is 18.6. The molecule has 0 saturated carbocycles. The van der Waals surface area contributed by atoms with Crippen molar-refractivity contribution in [3.8, 4) is 0 Å². The maximum atomic E-state index is 12.8. The van der Waals surface area contributed by atoms with Gasteiger partial charge >= 0.3 is 0 Å². The number of carbonyl (C=O) groups excluding carboxylic acids is 1. The van der Waals surface area contributed by atoms with Crippen LogP contribution in [0, 0.1) is 6.92 Å². The predicted octanol–water partition coefficient (Wildman–Crippen LogP) is 3.03. The van der Waals surface area contributed by atoms with E-state index in [1.807, 2.05) is 24.3 Å². The van der Waals surface area contributed by atoms with Crippen molar-refractivity contribution in [2.45, 2.75) is 31.2 Å². The second kappa shape index (κ2) is 8.32. The molecule has 9 nitrogen and oxygen atoms in total. The fraction of sp³-hybridized carbons (Fsp3) is 0.316. The number of aromatic nitrogens is 3. The molecule has 1 saturated heterocycles. The van der Waals surface area contributed by atoms with Gasteiger partial charge in [-0.15, -0.1) is 5.10 Å². The molecule has 0 spiro atoms. The fourth-order valence-corrected chi connectivity index (χ4v) is 5.21. The van der Waals surface area contributed by atoms with Crippen LogP contribution < -0.4 is 5.32 Å². The molecule has 2 aromatic heterocycles. The van der Waals surface area contributed by atoms with E-state index in [1.165, 1.54) is 23.6 Å². The van der Waals surface area contributed by atoms with Crippen LogP contribution in [0.15, 0.2) is 50.4 Å². The van der Waals surface area contributed by atoms with Crippen LogP contribution in [0.3, 0.4) is 0 Å². The maximum absolute atomic E-state index is 12.8. The summed E-state index contributed by atoms with van der Waals surface area (Å²) in [6.07, 6.45) is 3.17. The van der Waals surface area contributed by atoms with E-state index in [0.29, 0.717) is 19.6 Å². The molecule has 1 aliphatic rings. The first-order valence-corrected chi connectivity index (χ1v) is 11.6. The molecule has 1 N–H and O–H groups in total. The van der Waals surface area contributed by atoms with Crippen molar-refractivity contribution in [1.29, 1.82) is 0 Å². The van der Waals surface area contributed by atoms with Crippen molar-refractivity contribution in [3.63, 3.8) is 0 Å².